The Bertz CT molecular complexity index is 393. The quantitative estimate of drug-likeness (QED) is 0.867. The standard InChI is InChI=1S/C13H19NO3/c1-3-11-4-5-12(17-11)13(16)14(2)8-9-6-10(15)7-9/h4-5,9-10,15H,3,6-8H2,1-2H3. The van der Waals surface area contributed by atoms with Crippen molar-refractivity contribution in [1.82, 2.24) is 4.90 Å². The van der Waals surface area contributed by atoms with Gasteiger partial charge in [0.2, 0.25) is 0 Å². The minimum absolute atomic E-state index is 0.0777. The number of amides is 1. The average Bonchev–Trinajstić information content (AvgIpc) is 2.74. The molecule has 0 radical (unpaired) electrons. The van der Waals surface area contributed by atoms with E-state index in [1.54, 1.807) is 18.0 Å². The molecule has 1 heterocycles. The van der Waals surface area contributed by atoms with E-state index >= 15 is 0 Å². The number of aliphatic hydroxyl groups is 1. The fourth-order valence-electron chi connectivity index (χ4n) is 2.19. The highest BCUT2D eigenvalue weighted by molar-refractivity contribution is 5.91. The molecule has 1 aliphatic carbocycles. The number of rotatable bonds is 4. The molecule has 0 spiro atoms. The van der Waals surface area contributed by atoms with Gasteiger partial charge in [-0.1, -0.05) is 6.92 Å². The smallest absolute Gasteiger partial charge is 0.289 e. The van der Waals surface area contributed by atoms with Gasteiger partial charge in [0.25, 0.3) is 5.91 Å². The maximum absolute atomic E-state index is 12.0. The zero-order chi connectivity index (χ0) is 12.4. The Balaban J connectivity index is 1.90. The molecule has 0 atom stereocenters. The van der Waals surface area contributed by atoms with Gasteiger partial charge in [-0.05, 0) is 30.9 Å². The largest absolute Gasteiger partial charge is 0.456 e. The lowest BCUT2D eigenvalue weighted by molar-refractivity contribution is 0.0257. The first kappa shape index (κ1) is 12.2. The number of hydrogen-bond acceptors (Lipinski definition) is 3. The lowest BCUT2D eigenvalue weighted by atomic mass is 9.82. The number of furan rings is 1. The summed E-state index contributed by atoms with van der Waals surface area (Å²) in [5.74, 6) is 1.59. The highest BCUT2D eigenvalue weighted by Gasteiger charge is 2.29. The van der Waals surface area contributed by atoms with Crippen LogP contribution in [0.15, 0.2) is 16.5 Å². The van der Waals surface area contributed by atoms with Gasteiger partial charge in [-0.15, -0.1) is 0 Å². The van der Waals surface area contributed by atoms with E-state index in [1.165, 1.54) is 0 Å². The average molecular weight is 237 g/mol. The summed E-state index contributed by atoms with van der Waals surface area (Å²) in [4.78, 5) is 13.7. The molecule has 4 nitrogen and oxygen atoms in total. The molecule has 1 amide bonds. The Labute approximate surface area is 101 Å². The van der Waals surface area contributed by atoms with Crippen LogP contribution in [0.25, 0.3) is 0 Å². The van der Waals surface area contributed by atoms with Crippen LogP contribution >= 0.6 is 0 Å². The predicted octanol–water partition coefficient (Wildman–Crippen LogP) is 1.68. The maximum atomic E-state index is 12.0. The number of aryl methyl sites for hydroxylation is 1. The summed E-state index contributed by atoms with van der Waals surface area (Å²) in [6.07, 6.45) is 2.23. The molecule has 1 N–H and O–H groups in total. The van der Waals surface area contributed by atoms with E-state index in [9.17, 15) is 9.90 Å². The third-order valence-electron chi connectivity index (χ3n) is 3.31. The summed E-state index contributed by atoms with van der Waals surface area (Å²) in [5, 5.41) is 9.20. The molecule has 1 aromatic rings. The van der Waals surface area contributed by atoms with Crippen LogP contribution in [0, 0.1) is 5.92 Å². The number of hydrogen-bond donors (Lipinski definition) is 1. The van der Waals surface area contributed by atoms with E-state index in [4.69, 9.17) is 4.42 Å². The molecule has 2 rings (SSSR count). The van der Waals surface area contributed by atoms with Gasteiger partial charge in [0.05, 0.1) is 6.10 Å². The van der Waals surface area contributed by atoms with Gasteiger partial charge in [0.15, 0.2) is 5.76 Å². The van der Waals surface area contributed by atoms with Gasteiger partial charge in [0, 0.05) is 20.0 Å². The van der Waals surface area contributed by atoms with Crippen molar-refractivity contribution >= 4 is 5.91 Å². The Morgan fingerprint density at radius 3 is 2.76 bits per heavy atom. The highest BCUT2D eigenvalue weighted by Crippen LogP contribution is 2.28. The zero-order valence-electron chi connectivity index (χ0n) is 10.3. The first-order valence-electron chi connectivity index (χ1n) is 6.12. The van der Waals surface area contributed by atoms with Gasteiger partial charge in [-0.3, -0.25) is 4.79 Å². The minimum atomic E-state index is -0.168. The first-order chi connectivity index (χ1) is 8.10. The van der Waals surface area contributed by atoms with Crippen molar-refractivity contribution in [2.75, 3.05) is 13.6 Å². The van der Waals surface area contributed by atoms with Crippen LogP contribution in [0.1, 0.15) is 36.1 Å². The number of carbonyl (C=O) groups is 1. The molecule has 0 saturated heterocycles. The van der Waals surface area contributed by atoms with Crippen molar-refractivity contribution in [2.24, 2.45) is 5.92 Å². The van der Waals surface area contributed by atoms with Crippen LogP contribution in [0.2, 0.25) is 0 Å². The second-order valence-electron chi connectivity index (χ2n) is 4.80. The summed E-state index contributed by atoms with van der Waals surface area (Å²) < 4.78 is 5.43. The molecular formula is C13H19NO3. The zero-order valence-corrected chi connectivity index (χ0v) is 10.3. The van der Waals surface area contributed by atoms with Crippen molar-refractivity contribution in [3.05, 3.63) is 23.7 Å². The fourth-order valence-corrected chi connectivity index (χ4v) is 2.19. The van der Waals surface area contributed by atoms with Crippen LogP contribution in [0.4, 0.5) is 0 Å². The molecule has 0 aromatic carbocycles. The van der Waals surface area contributed by atoms with Gasteiger partial charge in [-0.25, -0.2) is 0 Å². The number of nitrogens with zero attached hydrogens (tertiary/aromatic N) is 1. The number of aliphatic hydroxyl groups excluding tert-OH is 1. The molecule has 1 aromatic heterocycles. The van der Waals surface area contributed by atoms with Crippen molar-refractivity contribution in [3.63, 3.8) is 0 Å². The lowest BCUT2D eigenvalue weighted by Gasteiger charge is -2.34. The number of carbonyl (C=O) groups excluding carboxylic acids is 1. The second kappa shape index (κ2) is 4.92. The fraction of sp³-hybridized carbons (Fsp3) is 0.615. The summed E-state index contributed by atoms with van der Waals surface area (Å²) in [6, 6.07) is 3.57. The van der Waals surface area contributed by atoms with E-state index in [0.717, 1.165) is 25.0 Å². The molecule has 0 bridgehead atoms. The molecule has 4 heteroatoms. The molecule has 1 saturated carbocycles. The molecule has 0 unspecified atom stereocenters. The highest BCUT2D eigenvalue weighted by atomic mass is 16.4. The summed E-state index contributed by atoms with van der Waals surface area (Å²) >= 11 is 0. The van der Waals surface area contributed by atoms with E-state index in [-0.39, 0.29) is 12.0 Å². The van der Waals surface area contributed by atoms with Crippen molar-refractivity contribution < 1.29 is 14.3 Å². The molecule has 17 heavy (non-hydrogen) atoms. The predicted molar refractivity (Wildman–Crippen MR) is 63.8 cm³/mol. The van der Waals surface area contributed by atoms with E-state index < -0.39 is 0 Å². The Morgan fingerprint density at radius 2 is 2.24 bits per heavy atom. The SMILES string of the molecule is CCc1ccc(C(=O)N(C)CC2CC(O)C2)o1. The normalized spacial score (nSPS) is 23.2. The summed E-state index contributed by atoms with van der Waals surface area (Å²) in [6.45, 7) is 2.69. The minimum Gasteiger partial charge on any atom is -0.456 e. The monoisotopic (exact) mass is 237 g/mol. The molecule has 94 valence electrons. The maximum Gasteiger partial charge on any atom is 0.289 e. The van der Waals surface area contributed by atoms with Crippen LogP contribution in [0.3, 0.4) is 0 Å². The molecular weight excluding hydrogens is 218 g/mol. The Kier molecular flexibility index (Phi) is 3.52. The van der Waals surface area contributed by atoms with E-state index in [1.807, 2.05) is 13.0 Å². The van der Waals surface area contributed by atoms with E-state index in [2.05, 4.69) is 0 Å². The lowest BCUT2D eigenvalue weighted by Crippen LogP contribution is -2.39. The van der Waals surface area contributed by atoms with Gasteiger partial charge in [-0.2, -0.15) is 0 Å². The van der Waals surface area contributed by atoms with Gasteiger partial charge < -0.3 is 14.4 Å². The summed E-state index contributed by atoms with van der Waals surface area (Å²) in [7, 11) is 1.78. The van der Waals surface area contributed by atoms with Crippen molar-refractivity contribution in [1.29, 1.82) is 0 Å². The van der Waals surface area contributed by atoms with Crippen molar-refractivity contribution in [2.45, 2.75) is 32.3 Å². The molecule has 1 aliphatic rings. The van der Waals surface area contributed by atoms with Crippen LogP contribution < -0.4 is 0 Å². The Hall–Kier alpha value is -1.29. The van der Waals surface area contributed by atoms with Crippen LogP contribution in [-0.2, 0) is 6.42 Å². The second-order valence-corrected chi connectivity index (χ2v) is 4.80. The van der Waals surface area contributed by atoms with Crippen LogP contribution in [0.5, 0.6) is 0 Å². The first-order valence-corrected chi connectivity index (χ1v) is 6.12. The topological polar surface area (TPSA) is 53.7 Å². The third kappa shape index (κ3) is 2.69. The molecule has 1 fully saturated rings. The van der Waals surface area contributed by atoms with E-state index in [0.29, 0.717) is 18.2 Å². The Morgan fingerprint density at radius 1 is 1.53 bits per heavy atom. The van der Waals surface area contributed by atoms with Gasteiger partial charge in [0.1, 0.15) is 5.76 Å². The molecule has 0 aliphatic heterocycles. The van der Waals surface area contributed by atoms with Gasteiger partial charge >= 0.3 is 0 Å². The van der Waals surface area contributed by atoms with Crippen molar-refractivity contribution in [3.8, 4) is 0 Å². The van der Waals surface area contributed by atoms with Crippen LogP contribution in [-0.4, -0.2) is 35.6 Å². The summed E-state index contributed by atoms with van der Waals surface area (Å²) in [5.41, 5.74) is 0. The third-order valence-corrected chi connectivity index (χ3v) is 3.31.